The summed E-state index contributed by atoms with van der Waals surface area (Å²) in [6.45, 7) is 4.34. The van der Waals surface area contributed by atoms with E-state index >= 15 is 0 Å². The van der Waals surface area contributed by atoms with Crippen molar-refractivity contribution in [2.45, 2.75) is 39.2 Å². The molecule has 0 bridgehead atoms. The van der Waals surface area contributed by atoms with Gasteiger partial charge >= 0.3 is 0 Å². The van der Waals surface area contributed by atoms with E-state index in [1.165, 1.54) is 0 Å². The van der Waals surface area contributed by atoms with E-state index in [0.29, 0.717) is 17.6 Å². The van der Waals surface area contributed by atoms with Gasteiger partial charge in [0, 0.05) is 30.2 Å². The third-order valence-electron chi connectivity index (χ3n) is 3.36. The van der Waals surface area contributed by atoms with E-state index in [2.05, 4.69) is 0 Å². The number of carbonyl (C=O) groups is 2. The Morgan fingerprint density at radius 1 is 1.21 bits per heavy atom. The van der Waals surface area contributed by atoms with Gasteiger partial charge in [0.05, 0.1) is 0 Å². The van der Waals surface area contributed by atoms with Crippen molar-refractivity contribution < 1.29 is 9.59 Å². The van der Waals surface area contributed by atoms with Gasteiger partial charge in [-0.2, -0.15) is 0 Å². The van der Waals surface area contributed by atoms with Crippen LogP contribution in [-0.2, 0) is 9.59 Å². The molecule has 0 aromatic heterocycles. The molecule has 1 saturated heterocycles. The maximum Gasteiger partial charge on any atom is 0.250 e. The third-order valence-corrected chi connectivity index (χ3v) is 3.36. The van der Waals surface area contributed by atoms with Gasteiger partial charge in [-0.3, -0.25) is 9.59 Å². The van der Waals surface area contributed by atoms with Crippen LogP contribution in [0.1, 0.15) is 33.1 Å². The lowest BCUT2D eigenvalue weighted by molar-refractivity contribution is -0.127. The zero-order valence-electron chi connectivity index (χ0n) is 8.67. The molecule has 1 amide bonds. The molecule has 0 spiro atoms. The second-order valence-electron chi connectivity index (χ2n) is 4.17. The van der Waals surface area contributed by atoms with Gasteiger partial charge in [0.25, 0.3) is 0 Å². The van der Waals surface area contributed by atoms with Crippen molar-refractivity contribution in [1.29, 1.82) is 0 Å². The molecule has 0 radical (unpaired) electrons. The monoisotopic (exact) mass is 193 g/mol. The lowest BCUT2D eigenvalue weighted by Crippen LogP contribution is -2.35. The number of carbonyl (C=O) groups excluding carboxylic acids is 2. The lowest BCUT2D eigenvalue weighted by Gasteiger charge is -2.21. The molecular weight excluding hydrogens is 178 g/mol. The maximum atomic E-state index is 11.9. The number of nitrogens with zero attached hydrogens (tertiary/aromatic N) is 1. The molecule has 3 nitrogen and oxygen atoms in total. The summed E-state index contributed by atoms with van der Waals surface area (Å²) in [5.41, 5.74) is 1.30. The molecular formula is C11H15NO2. The van der Waals surface area contributed by atoms with E-state index in [0.717, 1.165) is 19.4 Å². The van der Waals surface area contributed by atoms with E-state index in [-0.39, 0.29) is 17.7 Å². The molecule has 0 N–H and O–H groups in total. The molecule has 0 saturated carbocycles. The second kappa shape index (κ2) is 3.23. The Hall–Kier alpha value is -1.12. The summed E-state index contributed by atoms with van der Waals surface area (Å²) in [6, 6.07) is 0.169. The molecule has 0 aromatic carbocycles. The van der Waals surface area contributed by atoms with Crippen molar-refractivity contribution in [1.82, 2.24) is 4.90 Å². The van der Waals surface area contributed by atoms with Crippen molar-refractivity contribution in [3.8, 4) is 0 Å². The van der Waals surface area contributed by atoms with Crippen LogP contribution >= 0.6 is 0 Å². The van der Waals surface area contributed by atoms with Crippen molar-refractivity contribution in [2.24, 2.45) is 0 Å². The molecule has 1 unspecified atom stereocenters. The molecule has 3 heteroatoms. The number of hydrogen-bond acceptors (Lipinski definition) is 2. The summed E-state index contributed by atoms with van der Waals surface area (Å²) in [7, 11) is 0. The molecule has 76 valence electrons. The van der Waals surface area contributed by atoms with Crippen LogP contribution in [0.15, 0.2) is 11.1 Å². The number of amides is 1. The van der Waals surface area contributed by atoms with Gasteiger partial charge in [-0.1, -0.05) is 0 Å². The molecule has 0 aromatic rings. The highest BCUT2D eigenvalue weighted by molar-refractivity contribution is 6.07. The number of fused-ring (bicyclic) bond motifs is 1. The molecule has 2 heterocycles. The largest absolute Gasteiger partial charge is 0.335 e. The third kappa shape index (κ3) is 1.27. The fraction of sp³-hybridized carbons (Fsp3) is 0.636. The minimum absolute atomic E-state index is 0.0656. The predicted molar refractivity (Wildman–Crippen MR) is 52.7 cm³/mol. The Bertz CT molecular complexity index is 330. The van der Waals surface area contributed by atoms with Crippen molar-refractivity contribution in [3.63, 3.8) is 0 Å². The number of ketones is 1. The summed E-state index contributed by atoms with van der Waals surface area (Å²) in [4.78, 5) is 25.4. The van der Waals surface area contributed by atoms with Gasteiger partial charge in [-0.05, 0) is 26.7 Å². The molecule has 1 atom stereocenters. The second-order valence-corrected chi connectivity index (χ2v) is 4.17. The first-order chi connectivity index (χ1) is 6.61. The first kappa shape index (κ1) is 9.44. The van der Waals surface area contributed by atoms with Crippen LogP contribution in [0, 0.1) is 0 Å². The highest BCUT2D eigenvalue weighted by atomic mass is 16.2. The minimum atomic E-state index is 0.0656. The molecule has 2 rings (SSSR count). The fourth-order valence-corrected chi connectivity index (χ4v) is 2.27. The highest BCUT2D eigenvalue weighted by Crippen LogP contribution is 2.27. The quantitative estimate of drug-likeness (QED) is 0.581. The summed E-state index contributed by atoms with van der Waals surface area (Å²) >= 11 is 0. The Kier molecular flexibility index (Phi) is 2.17. The van der Waals surface area contributed by atoms with Crippen LogP contribution in [0.2, 0.25) is 0 Å². The average molecular weight is 193 g/mol. The highest BCUT2D eigenvalue weighted by Gasteiger charge is 2.34. The van der Waals surface area contributed by atoms with Crippen LogP contribution in [0.4, 0.5) is 0 Å². The fourth-order valence-electron chi connectivity index (χ4n) is 2.27. The summed E-state index contributed by atoms with van der Waals surface area (Å²) < 4.78 is 0. The van der Waals surface area contributed by atoms with E-state index in [1.54, 1.807) is 13.8 Å². The Morgan fingerprint density at radius 3 is 2.64 bits per heavy atom. The van der Waals surface area contributed by atoms with Crippen LogP contribution in [0.5, 0.6) is 0 Å². The first-order valence-electron chi connectivity index (χ1n) is 5.13. The summed E-state index contributed by atoms with van der Waals surface area (Å²) in [5.74, 6) is 0.209. The van der Waals surface area contributed by atoms with Gasteiger partial charge in [0.2, 0.25) is 5.91 Å². The average Bonchev–Trinajstić information content (AvgIpc) is 2.59. The van der Waals surface area contributed by atoms with Gasteiger partial charge in [-0.25, -0.2) is 0 Å². The van der Waals surface area contributed by atoms with Crippen LogP contribution < -0.4 is 0 Å². The van der Waals surface area contributed by atoms with Crippen LogP contribution in [0.3, 0.4) is 0 Å². The molecule has 1 fully saturated rings. The first-order valence-corrected chi connectivity index (χ1v) is 5.13. The van der Waals surface area contributed by atoms with E-state index in [9.17, 15) is 9.59 Å². The number of rotatable bonds is 0. The zero-order chi connectivity index (χ0) is 10.3. The van der Waals surface area contributed by atoms with Crippen LogP contribution in [0.25, 0.3) is 0 Å². The van der Waals surface area contributed by atoms with Gasteiger partial charge in [0.15, 0.2) is 5.78 Å². The standard InChI is InChI=1S/C11H15NO2/c1-7-8(2)11(14)12-5-3-4-9(12)6-10(7)13/h9H,3-6H2,1-2H3. The number of hydrogen-bond donors (Lipinski definition) is 0. The SMILES string of the molecule is CC1=C(C)C(=O)N2CCCC2CC1=O. The molecule has 2 aliphatic rings. The Morgan fingerprint density at radius 2 is 1.93 bits per heavy atom. The van der Waals surface area contributed by atoms with E-state index < -0.39 is 0 Å². The predicted octanol–water partition coefficient (Wildman–Crippen LogP) is 1.29. The van der Waals surface area contributed by atoms with E-state index in [4.69, 9.17) is 0 Å². The number of allylic oxidation sites excluding steroid dienone is 1. The smallest absolute Gasteiger partial charge is 0.250 e. The van der Waals surface area contributed by atoms with Crippen molar-refractivity contribution in [3.05, 3.63) is 11.1 Å². The Balaban J connectivity index is 2.38. The summed E-state index contributed by atoms with van der Waals surface area (Å²) in [5, 5.41) is 0. The molecule has 2 aliphatic heterocycles. The van der Waals surface area contributed by atoms with Crippen molar-refractivity contribution in [2.75, 3.05) is 6.54 Å². The minimum Gasteiger partial charge on any atom is -0.335 e. The zero-order valence-corrected chi connectivity index (χ0v) is 8.67. The molecule has 14 heavy (non-hydrogen) atoms. The van der Waals surface area contributed by atoms with Gasteiger partial charge in [0.1, 0.15) is 0 Å². The molecule has 0 aliphatic carbocycles. The lowest BCUT2D eigenvalue weighted by atomic mass is 10.0. The van der Waals surface area contributed by atoms with Gasteiger partial charge in [-0.15, -0.1) is 0 Å². The van der Waals surface area contributed by atoms with Crippen molar-refractivity contribution >= 4 is 11.7 Å². The summed E-state index contributed by atoms with van der Waals surface area (Å²) in [6.07, 6.45) is 2.54. The number of Topliss-reactive ketones (excluding diaryl/α,β-unsaturated/α-hetero) is 1. The normalized spacial score (nSPS) is 28.1. The van der Waals surface area contributed by atoms with E-state index in [1.807, 2.05) is 4.90 Å². The Labute approximate surface area is 83.8 Å². The van der Waals surface area contributed by atoms with Gasteiger partial charge < -0.3 is 4.90 Å². The maximum absolute atomic E-state index is 11.9. The van der Waals surface area contributed by atoms with Crippen LogP contribution in [-0.4, -0.2) is 29.2 Å². The topological polar surface area (TPSA) is 37.4 Å².